The van der Waals surface area contributed by atoms with Gasteiger partial charge in [0, 0.05) is 5.54 Å². The largest absolute Gasteiger partial charge is 0.466 e. The fourth-order valence-electron chi connectivity index (χ4n) is 1.41. The van der Waals surface area contributed by atoms with Crippen LogP contribution in [0.1, 0.15) is 26.2 Å². The number of hydrogen-bond donors (Lipinski definition) is 0. The summed E-state index contributed by atoms with van der Waals surface area (Å²) in [5.41, 5.74) is 0.131. The van der Waals surface area contributed by atoms with Crippen LogP contribution in [-0.4, -0.2) is 37.1 Å². The zero-order valence-corrected chi connectivity index (χ0v) is 8.09. The van der Waals surface area contributed by atoms with Gasteiger partial charge in [0.05, 0.1) is 13.0 Å². The van der Waals surface area contributed by atoms with E-state index in [1.165, 1.54) is 0 Å². The van der Waals surface area contributed by atoms with Crippen molar-refractivity contribution in [3.8, 4) is 0 Å². The van der Waals surface area contributed by atoms with Gasteiger partial charge in [-0.3, -0.25) is 4.79 Å². The molecule has 70 valence electrons. The summed E-state index contributed by atoms with van der Waals surface area (Å²) in [7, 11) is 4.04. The number of carbonyl (C=O) groups excluding carboxylic acids is 1. The van der Waals surface area contributed by atoms with E-state index in [2.05, 4.69) is 4.90 Å². The molecule has 1 fully saturated rings. The third-order valence-electron chi connectivity index (χ3n) is 2.55. The number of hydrogen-bond acceptors (Lipinski definition) is 3. The van der Waals surface area contributed by atoms with Crippen molar-refractivity contribution in [1.29, 1.82) is 0 Å². The van der Waals surface area contributed by atoms with Crippen molar-refractivity contribution in [2.45, 2.75) is 31.7 Å². The Balaban J connectivity index is 2.35. The fraction of sp³-hybridized carbons (Fsp3) is 0.889. The number of esters is 1. The third-order valence-corrected chi connectivity index (χ3v) is 2.55. The summed E-state index contributed by atoms with van der Waals surface area (Å²) < 4.78 is 4.90. The summed E-state index contributed by atoms with van der Waals surface area (Å²) >= 11 is 0. The van der Waals surface area contributed by atoms with E-state index in [0.29, 0.717) is 13.0 Å². The van der Waals surface area contributed by atoms with Gasteiger partial charge in [0.1, 0.15) is 0 Å². The van der Waals surface area contributed by atoms with Gasteiger partial charge in [0.2, 0.25) is 0 Å². The molecule has 1 rings (SSSR count). The highest BCUT2D eigenvalue weighted by atomic mass is 16.5. The molecule has 0 aromatic heterocycles. The molecule has 0 aromatic carbocycles. The van der Waals surface area contributed by atoms with Gasteiger partial charge in [-0.25, -0.2) is 0 Å². The van der Waals surface area contributed by atoms with Gasteiger partial charge in [-0.2, -0.15) is 0 Å². The van der Waals surface area contributed by atoms with Crippen LogP contribution < -0.4 is 0 Å². The van der Waals surface area contributed by atoms with Crippen molar-refractivity contribution < 1.29 is 9.53 Å². The van der Waals surface area contributed by atoms with Gasteiger partial charge in [-0.05, 0) is 33.9 Å². The lowest BCUT2D eigenvalue weighted by atomic mass is 10.1. The molecule has 1 aliphatic carbocycles. The summed E-state index contributed by atoms with van der Waals surface area (Å²) in [5.74, 6) is -0.0660. The van der Waals surface area contributed by atoms with E-state index >= 15 is 0 Å². The molecule has 1 saturated carbocycles. The maximum absolute atomic E-state index is 11.2. The molecule has 0 aromatic rings. The first-order chi connectivity index (χ1) is 5.60. The van der Waals surface area contributed by atoms with Crippen LogP contribution in [0.15, 0.2) is 0 Å². The van der Waals surface area contributed by atoms with Crippen LogP contribution in [0.3, 0.4) is 0 Å². The monoisotopic (exact) mass is 171 g/mol. The molecule has 0 saturated heterocycles. The number of ether oxygens (including phenoxy) is 1. The molecule has 12 heavy (non-hydrogen) atoms. The predicted octanol–water partition coefficient (Wildman–Crippen LogP) is 1.03. The zero-order valence-electron chi connectivity index (χ0n) is 8.09. The highest BCUT2D eigenvalue weighted by molar-refractivity contribution is 5.71. The molecule has 0 N–H and O–H groups in total. The van der Waals surface area contributed by atoms with Crippen LogP contribution in [0.25, 0.3) is 0 Å². The molecule has 3 heteroatoms. The van der Waals surface area contributed by atoms with Crippen molar-refractivity contribution in [3.05, 3.63) is 0 Å². The van der Waals surface area contributed by atoms with Crippen LogP contribution in [0.2, 0.25) is 0 Å². The molecule has 0 radical (unpaired) electrons. The molecule has 0 unspecified atom stereocenters. The van der Waals surface area contributed by atoms with Gasteiger partial charge in [0.15, 0.2) is 0 Å². The number of rotatable bonds is 4. The van der Waals surface area contributed by atoms with Crippen LogP contribution in [0.4, 0.5) is 0 Å². The number of nitrogens with zero attached hydrogens (tertiary/aromatic N) is 1. The first-order valence-corrected chi connectivity index (χ1v) is 4.44. The molecule has 0 amide bonds. The Morgan fingerprint density at radius 1 is 1.50 bits per heavy atom. The van der Waals surface area contributed by atoms with E-state index in [-0.39, 0.29) is 11.5 Å². The van der Waals surface area contributed by atoms with Crippen molar-refractivity contribution in [1.82, 2.24) is 4.90 Å². The third kappa shape index (κ3) is 1.97. The maximum atomic E-state index is 11.2. The Morgan fingerprint density at radius 3 is 2.42 bits per heavy atom. The summed E-state index contributed by atoms with van der Waals surface area (Å²) in [6, 6.07) is 0. The first-order valence-electron chi connectivity index (χ1n) is 4.44. The fourth-order valence-corrected chi connectivity index (χ4v) is 1.41. The summed E-state index contributed by atoms with van der Waals surface area (Å²) in [5, 5.41) is 0. The SMILES string of the molecule is CCOC(=O)CC1(N(C)C)CC1. The van der Waals surface area contributed by atoms with E-state index in [4.69, 9.17) is 4.74 Å². The Bertz CT molecular complexity index is 173. The van der Waals surface area contributed by atoms with Crippen molar-refractivity contribution in [2.24, 2.45) is 0 Å². The van der Waals surface area contributed by atoms with Crippen molar-refractivity contribution >= 4 is 5.97 Å². The lowest BCUT2D eigenvalue weighted by Gasteiger charge is -2.22. The maximum Gasteiger partial charge on any atom is 0.307 e. The second-order valence-corrected chi connectivity index (χ2v) is 3.60. The van der Waals surface area contributed by atoms with Gasteiger partial charge in [-0.1, -0.05) is 0 Å². The first kappa shape index (κ1) is 9.52. The summed E-state index contributed by atoms with van der Waals surface area (Å²) in [6.45, 7) is 2.33. The van der Waals surface area contributed by atoms with Crippen LogP contribution >= 0.6 is 0 Å². The van der Waals surface area contributed by atoms with Crippen LogP contribution in [-0.2, 0) is 9.53 Å². The average Bonchev–Trinajstić information content (AvgIpc) is 2.69. The standard InChI is InChI=1S/C9H17NO2/c1-4-12-8(11)7-9(5-6-9)10(2)3/h4-7H2,1-3H3. The van der Waals surface area contributed by atoms with E-state index in [0.717, 1.165) is 12.8 Å². The predicted molar refractivity (Wildman–Crippen MR) is 46.9 cm³/mol. The molecular weight excluding hydrogens is 154 g/mol. The van der Waals surface area contributed by atoms with Crippen LogP contribution in [0.5, 0.6) is 0 Å². The lowest BCUT2D eigenvalue weighted by Crippen LogP contribution is -2.32. The quantitative estimate of drug-likeness (QED) is 0.592. The zero-order chi connectivity index (χ0) is 9.19. The highest BCUT2D eigenvalue weighted by Crippen LogP contribution is 2.43. The minimum atomic E-state index is -0.0660. The highest BCUT2D eigenvalue weighted by Gasteiger charge is 2.46. The molecule has 0 heterocycles. The molecular formula is C9H17NO2. The summed E-state index contributed by atoms with van der Waals surface area (Å²) in [6.07, 6.45) is 2.80. The second kappa shape index (κ2) is 3.44. The van der Waals surface area contributed by atoms with Gasteiger partial charge >= 0.3 is 5.97 Å². The second-order valence-electron chi connectivity index (χ2n) is 3.60. The van der Waals surface area contributed by atoms with Crippen molar-refractivity contribution in [2.75, 3.05) is 20.7 Å². The van der Waals surface area contributed by atoms with Gasteiger partial charge < -0.3 is 9.64 Å². The normalized spacial score (nSPS) is 19.3. The smallest absolute Gasteiger partial charge is 0.307 e. The Hall–Kier alpha value is -0.570. The van der Waals surface area contributed by atoms with E-state index in [9.17, 15) is 4.79 Å². The number of carbonyl (C=O) groups is 1. The van der Waals surface area contributed by atoms with E-state index < -0.39 is 0 Å². The van der Waals surface area contributed by atoms with Gasteiger partial charge in [0.25, 0.3) is 0 Å². The topological polar surface area (TPSA) is 29.5 Å². The Kier molecular flexibility index (Phi) is 2.73. The minimum Gasteiger partial charge on any atom is -0.466 e. The van der Waals surface area contributed by atoms with E-state index in [1.807, 2.05) is 21.0 Å². The van der Waals surface area contributed by atoms with E-state index in [1.54, 1.807) is 0 Å². The van der Waals surface area contributed by atoms with Gasteiger partial charge in [-0.15, -0.1) is 0 Å². The molecule has 0 aliphatic heterocycles. The Labute approximate surface area is 73.7 Å². The summed E-state index contributed by atoms with van der Waals surface area (Å²) in [4.78, 5) is 13.3. The van der Waals surface area contributed by atoms with Crippen molar-refractivity contribution in [3.63, 3.8) is 0 Å². The molecule has 1 aliphatic rings. The molecule has 0 bridgehead atoms. The minimum absolute atomic E-state index is 0.0660. The lowest BCUT2D eigenvalue weighted by molar-refractivity contribution is -0.144. The molecule has 0 atom stereocenters. The molecule has 3 nitrogen and oxygen atoms in total. The Morgan fingerprint density at radius 2 is 2.08 bits per heavy atom. The molecule has 0 spiro atoms. The average molecular weight is 171 g/mol. The van der Waals surface area contributed by atoms with Crippen LogP contribution in [0, 0.1) is 0 Å².